The molecule has 0 saturated carbocycles. The van der Waals surface area contributed by atoms with Gasteiger partial charge in [0.2, 0.25) is 0 Å². The molecular formula is C115H107N5O2. The van der Waals surface area contributed by atoms with Crippen LogP contribution in [0, 0.1) is 0 Å². The lowest BCUT2D eigenvalue weighted by atomic mass is 9.78. The predicted molar refractivity (Wildman–Crippen MR) is 521 cm³/mol. The second-order valence-corrected chi connectivity index (χ2v) is 39.7. The Morgan fingerprint density at radius 2 is 0.492 bits per heavy atom. The minimum absolute atomic E-state index is 0.158. The van der Waals surface area contributed by atoms with Crippen molar-refractivity contribution in [1.29, 1.82) is 0 Å². The fourth-order valence-electron chi connectivity index (χ4n) is 18.0. The van der Waals surface area contributed by atoms with Crippen molar-refractivity contribution in [3.05, 3.63) is 335 Å². The minimum atomic E-state index is -0.644. The number of aromatic amines is 2. The van der Waals surface area contributed by atoms with E-state index in [4.69, 9.17) is 14.7 Å². The molecule has 0 atom stereocenters. The smallest absolute Gasteiger partial charge is 0.410 e. The number of nitrogens with zero attached hydrogens (tertiary/aromatic N) is 2. The molecule has 122 heavy (non-hydrogen) atoms. The van der Waals surface area contributed by atoms with Gasteiger partial charge in [0.15, 0.2) is 0 Å². The van der Waals surface area contributed by atoms with Crippen LogP contribution in [0.15, 0.2) is 279 Å². The van der Waals surface area contributed by atoms with E-state index in [2.05, 4.69) is 425 Å². The fourth-order valence-corrected chi connectivity index (χ4v) is 18.0. The number of ether oxygens (including phenoxy) is 1. The molecule has 5 heterocycles. The minimum Gasteiger partial charge on any atom is -0.410 e. The lowest BCUT2D eigenvalue weighted by Crippen LogP contribution is -2.16. The normalized spacial score (nSPS) is 12.8. The summed E-state index contributed by atoms with van der Waals surface area (Å²) < 4.78 is 6.72. The number of hydrogen-bond donors (Lipinski definition) is 3. The van der Waals surface area contributed by atoms with E-state index >= 15 is 4.79 Å². The van der Waals surface area contributed by atoms with Crippen LogP contribution < -0.4 is 10.1 Å². The number of aromatic nitrogens is 4. The molecule has 8 bridgehead atoms. The molecule has 0 aliphatic carbocycles. The van der Waals surface area contributed by atoms with Gasteiger partial charge in [0.25, 0.3) is 0 Å². The van der Waals surface area contributed by atoms with E-state index in [1.807, 2.05) is 18.2 Å². The van der Waals surface area contributed by atoms with Crippen molar-refractivity contribution in [3.63, 3.8) is 0 Å². The van der Waals surface area contributed by atoms with Gasteiger partial charge in [-0.3, -0.25) is 5.32 Å². The first-order valence-corrected chi connectivity index (χ1v) is 43.0. The SMILES string of the molecule is CC(C)(C)c1cc(-c2c3nc(c(-c4cc(C(C)(C)C)cc(C(C)(C)C)c4)c4ccc([nH]4)c(-c4cc(C(C)(C)C)cc(C(C)(C)C)c4)c4nc(c(-c5cccc(OC(=O)Nc6cc(-c7c8ccccc8c(-c8ccccc8)c8ccccc78)cc(-c7c8ccccc8c(-c8ccccc8)c8ccccc78)c6)c5)c5ccc2[nH]5)C=C4)C=C3)cc(C(C)(C)C)c1. The van der Waals surface area contributed by atoms with Gasteiger partial charge in [0.05, 0.1) is 22.8 Å². The Balaban J connectivity index is 0.859. The Morgan fingerprint density at radius 3 is 0.770 bits per heavy atom. The summed E-state index contributed by atoms with van der Waals surface area (Å²) in [4.78, 5) is 35.7. The number of fused-ring (bicyclic) bond motifs is 12. The van der Waals surface area contributed by atoms with Gasteiger partial charge in [-0.15, -0.1) is 0 Å². The van der Waals surface area contributed by atoms with Crippen LogP contribution in [0.3, 0.4) is 0 Å². The van der Waals surface area contributed by atoms with E-state index < -0.39 is 6.09 Å². The summed E-state index contributed by atoms with van der Waals surface area (Å²) in [5, 5.41) is 12.3. The van der Waals surface area contributed by atoms with E-state index in [-0.39, 0.29) is 32.5 Å². The van der Waals surface area contributed by atoms with Gasteiger partial charge >= 0.3 is 6.09 Å². The first-order valence-electron chi connectivity index (χ1n) is 43.0. The number of H-pyrrole nitrogens is 2. The zero-order valence-corrected chi connectivity index (χ0v) is 73.6. The number of nitrogens with one attached hydrogen (secondary N) is 3. The van der Waals surface area contributed by atoms with Crippen LogP contribution in [0.4, 0.5) is 10.5 Å². The number of carbonyl (C=O) groups excluding carboxylic acids is 1. The van der Waals surface area contributed by atoms with Gasteiger partial charge in [-0.1, -0.05) is 349 Å². The van der Waals surface area contributed by atoms with E-state index in [0.29, 0.717) is 11.4 Å². The molecule has 0 spiro atoms. The maximum Gasteiger partial charge on any atom is 0.417 e. The second-order valence-electron chi connectivity index (χ2n) is 39.7. The molecule has 13 aromatic carbocycles. The molecule has 0 unspecified atom stereocenters. The van der Waals surface area contributed by atoms with Gasteiger partial charge in [-0.25, -0.2) is 14.8 Å². The highest BCUT2D eigenvalue weighted by Gasteiger charge is 2.30. The Labute approximate surface area is 718 Å². The van der Waals surface area contributed by atoms with Crippen LogP contribution >= 0.6 is 0 Å². The fraction of sp³-hybridized carbons (Fsp3) is 0.209. The van der Waals surface area contributed by atoms with Crippen LogP contribution in [0.5, 0.6) is 5.75 Å². The van der Waals surface area contributed by atoms with Crippen molar-refractivity contribution in [1.82, 2.24) is 19.9 Å². The number of benzene rings is 13. The Morgan fingerprint density at radius 1 is 0.246 bits per heavy atom. The molecule has 0 saturated heterocycles. The third kappa shape index (κ3) is 15.2. The summed E-state index contributed by atoms with van der Waals surface area (Å²) in [7, 11) is 0. The van der Waals surface area contributed by atoms with Crippen LogP contribution in [0.1, 0.15) is 181 Å². The van der Waals surface area contributed by atoms with Crippen molar-refractivity contribution >= 4 is 101 Å². The summed E-state index contributed by atoms with van der Waals surface area (Å²) in [6.45, 7) is 41.5. The van der Waals surface area contributed by atoms with Crippen molar-refractivity contribution in [2.24, 2.45) is 0 Å². The van der Waals surface area contributed by atoms with Crippen LogP contribution in [-0.2, 0) is 32.5 Å². The first kappa shape index (κ1) is 79.9. The van der Waals surface area contributed by atoms with Crippen LogP contribution in [0.25, 0.3) is 178 Å². The lowest BCUT2D eigenvalue weighted by Gasteiger charge is -2.26. The third-order valence-electron chi connectivity index (χ3n) is 24.7. The summed E-state index contributed by atoms with van der Waals surface area (Å²) in [5.41, 5.74) is 30.1. The van der Waals surface area contributed by atoms with Crippen molar-refractivity contribution < 1.29 is 9.53 Å². The Hall–Kier alpha value is -13.2. The average Bonchev–Trinajstić information content (AvgIpc) is 1.07. The lowest BCUT2D eigenvalue weighted by molar-refractivity contribution is 0.215. The maximum absolute atomic E-state index is 15.6. The van der Waals surface area contributed by atoms with E-state index in [1.165, 1.54) is 44.5 Å². The molecule has 0 fully saturated rings. The summed E-state index contributed by atoms with van der Waals surface area (Å²) in [5.74, 6) is 0.348. The topological polar surface area (TPSA) is 95.7 Å². The molecule has 604 valence electrons. The molecule has 1 amide bonds. The molecule has 2 aliphatic heterocycles. The van der Waals surface area contributed by atoms with Crippen molar-refractivity contribution in [2.45, 2.75) is 157 Å². The number of rotatable bonds is 10. The highest BCUT2D eigenvalue weighted by Crippen LogP contribution is 2.51. The third-order valence-corrected chi connectivity index (χ3v) is 24.7. The van der Waals surface area contributed by atoms with Crippen molar-refractivity contribution in [2.75, 3.05) is 5.32 Å². The predicted octanol–water partition coefficient (Wildman–Crippen LogP) is 32.0. The van der Waals surface area contributed by atoms with Gasteiger partial charge in [0.1, 0.15) is 5.75 Å². The Bertz CT molecular complexity index is 6720. The molecule has 16 aromatic rings. The zero-order chi connectivity index (χ0) is 85.3. The average molecular weight is 1590 g/mol. The van der Waals surface area contributed by atoms with E-state index in [1.54, 1.807) is 0 Å². The molecule has 7 nitrogen and oxygen atoms in total. The number of amides is 1. The molecule has 2 aliphatic rings. The number of hydrogen-bond acceptors (Lipinski definition) is 4. The summed E-state index contributed by atoms with van der Waals surface area (Å²) in [6.07, 6.45) is 8.13. The largest absolute Gasteiger partial charge is 0.417 e. The molecule has 0 radical (unpaired) electrons. The number of anilines is 1. The molecule has 3 aromatic heterocycles. The van der Waals surface area contributed by atoms with Crippen LogP contribution in [-0.4, -0.2) is 26.0 Å². The highest BCUT2D eigenvalue weighted by atomic mass is 16.6. The first-order chi connectivity index (χ1) is 58.1. The maximum atomic E-state index is 15.6. The molecule has 3 N–H and O–H groups in total. The van der Waals surface area contributed by atoms with Crippen LogP contribution in [0.2, 0.25) is 0 Å². The molecular weight excluding hydrogens is 1480 g/mol. The second kappa shape index (κ2) is 30.2. The highest BCUT2D eigenvalue weighted by molar-refractivity contribution is 6.24. The van der Waals surface area contributed by atoms with Gasteiger partial charge < -0.3 is 14.7 Å². The van der Waals surface area contributed by atoms with Gasteiger partial charge in [-0.2, -0.15) is 0 Å². The quantitative estimate of drug-likeness (QED) is 0.119. The van der Waals surface area contributed by atoms with Gasteiger partial charge in [-0.05, 0) is 255 Å². The molecule has 18 rings (SSSR count). The monoisotopic (exact) mass is 1590 g/mol. The van der Waals surface area contributed by atoms with E-state index in [0.717, 1.165) is 166 Å². The zero-order valence-electron chi connectivity index (χ0n) is 73.6. The van der Waals surface area contributed by atoms with E-state index in [9.17, 15) is 0 Å². The summed E-state index contributed by atoms with van der Waals surface area (Å²) >= 11 is 0. The standard InChI is InChI=1S/C115H107N5O2/c1-110(2,3)77-57-74(58-78(66-77)111(4,5)6)106-95-50-48-93(117-95)105(94-49-51-96(118-94)107(75-59-79(112(7,8)9)67-80(60-75)113(10,11)12)98-53-55-100(120-98)108(99-54-52-97(106)119-99)76-61-81(114(13,14)15)68-82(62-76)115(16,17)18)71-38-33-39-84(65-71)122-109(121)116-83-63-72(103-89-44-29-25-40-85(89)101(69-34-21-19-22-35-69)86-41-26-30-45-90(86)103)56-73(64-83)104-91-46-31-27-42-87(91)102(70-36-23-20-24-37-70)88-43-28-32-47-92(88)104/h19-68,117,120H,1-18H3,(H,116,121). The van der Waals surface area contributed by atoms with Crippen molar-refractivity contribution in [3.8, 4) is 94.8 Å². The molecule has 7 heteroatoms. The van der Waals surface area contributed by atoms with Gasteiger partial charge in [0, 0.05) is 50.0 Å². The number of carbonyl (C=O) groups is 1. The Kier molecular flexibility index (Phi) is 19.8. The summed E-state index contributed by atoms with van der Waals surface area (Å²) in [6, 6.07) is 101.